The van der Waals surface area contributed by atoms with Gasteiger partial charge < -0.3 is 20.1 Å². The van der Waals surface area contributed by atoms with Crippen molar-refractivity contribution < 1.29 is 9.47 Å². The number of benzene rings is 1. The fourth-order valence-corrected chi connectivity index (χ4v) is 4.00. The molecule has 6 heteroatoms. The van der Waals surface area contributed by atoms with E-state index in [1.807, 2.05) is 19.2 Å². The van der Waals surface area contributed by atoms with E-state index in [1.54, 1.807) is 7.11 Å². The Bertz CT molecular complexity index is 589. The average molecular weight is 503 g/mol. The molecule has 0 aliphatic heterocycles. The summed E-state index contributed by atoms with van der Waals surface area (Å²) in [4.78, 5) is 4.42. The number of nitrogens with one attached hydrogen (secondary N) is 2. The maximum absolute atomic E-state index is 5.62. The lowest BCUT2D eigenvalue weighted by Gasteiger charge is -2.30. The van der Waals surface area contributed by atoms with E-state index in [9.17, 15) is 0 Å². The summed E-state index contributed by atoms with van der Waals surface area (Å²) in [6.07, 6.45) is 6.33. The number of nitrogens with zero attached hydrogens (tertiary/aromatic N) is 1. The predicted octanol–water partition coefficient (Wildman–Crippen LogP) is 4.57. The molecule has 0 amide bonds. The van der Waals surface area contributed by atoms with Gasteiger partial charge in [0.1, 0.15) is 5.75 Å². The van der Waals surface area contributed by atoms with Gasteiger partial charge in [-0.15, -0.1) is 24.0 Å². The number of rotatable bonds is 10. The minimum absolute atomic E-state index is 0. The predicted molar refractivity (Wildman–Crippen MR) is 128 cm³/mol. The van der Waals surface area contributed by atoms with E-state index < -0.39 is 0 Å². The van der Waals surface area contributed by atoms with Crippen LogP contribution in [0.3, 0.4) is 0 Å². The molecule has 0 saturated heterocycles. The highest BCUT2D eigenvalue weighted by atomic mass is 127. The van der Waals surface area contributed by atoms with Crippen molar-refractivity contribution in [2.24, 2.45) is 10.4 Å². The Kier molecular flexibility index (Phi) is 11.8. The lowest BCUT2D eigenvalue weighted by Crippen LogP contribution is -2.44. The molecule has 0 heterocycles. The van der Waals surface area contributed by atoms with Gasteiger partial charge in [0.2, 0.25) is 0 Å². The largest absolute Gasteiger partial charge is 0.496 e. The van der Waals surface area contributed by atoms with E-state index in [1.165, 1.54) is 31.2 Å². The molecule has 1 unspecified atom stereocenters. The van der Waals surface area contributed by atoms with Crippen LogP contribution in [0.1, 0.15) is 57.4 Å². The molecule has 1 saturated carbocycles. The van der Waals surface area contributed by atoms with Crippen molar-refractivity contribution in [3.8, 4) is 5.75 Å². The number of hydrogen-bond donors (Lipinski definition) is 2. The van der Waals surface area contributed by atoms with Gasteiger partial charge >= 0.3 is 0 Å². The number of methoxy groups -OCH3 is 1. The number of para-hydroxylation sites is 1. The lowest BCUT2D eigenvalue weighted by molar-refractivity contribution is 0.105. The van der Waals surface area contributed by atoms with Gasteiger partial charge in [0, 0.05) is 39.3 Å². The molecule has 1 aliphatic rings. The lowest BCUT2D eigenvalue weighted by atomic mass is 9.83. The van der Waals surface area contributed by atoms with Crippen molar-refractivity contribution in [1.82, 2.24) is 10.6 Å². The van der Waals surface area contributed by atoms with Gasteiger partial charge in [-0.05, 0) is 43.2 Å². The summed E-state index contributed by atoms with van der Waals surface area (Å²) >= 11 is 0. The Balaban J connectivity index is 0.00000392. The minimum Gasteiger partial charge on any atom is -0.496 e. The maximum Gasteiger partial charge on any atom is 0.191 e. The van der Waals surface area contributed by atoms with Gasteiger partial charge in [0.05, 0.1) is 7.11 Å². The van der Waals surface area contributed by atoms with Crippen molar-refractivity contribution in [2.75, 3.05) is 40.5 Å². The van der Waals surface area contributed by atoms with Crippen molar-refractivity contribution in [2.45, 2.75) is 51.9 Å². The number of aliphatic imine (C=N–C) groups is 1. The average Bonchev–Trinajstić information content (AvgIpc) is 3.17. The molecule has 160 valence electrons. The summed E-state index contributed by atoms with van der Waals surface area (Å²) in [5.74, 6) is 2.15. The molecule has 0 spiro atoms. The molecule has 0 bridgehead atoms. The van der Waals surface area contributed by atoms with E-state index in [2.05, 4.69) is 41.6 Å². The van der Waals surface area contributed by atoms with Crippen molar-refractivity contribution in [1.29, 1.82) is 0 Å². The quantitative estimate of drug-likeness (QED) is 0.213. The second kappa shape index (κ2) is 13.2. The van der Waals surface area contributed by atoms with Crippen LogP contribution in [-0.4, -0.2) is 46.4 Å². The van der Waals surface area contributed by atoms with E-state index in [-0.39, 0.29) is 24.0 Å². The molecule has 2 rings (SSSR count). The molecule has 28 heavy (non-hydrogen) atoms. The topological polar surface area (TPSA) is 54.9 Å². The van der Waals surface area contributed by atoms with Crippen molar-refractivity contribution >= 4 is 29.9 Å². The van der Waals surface area contributed by atoms with Gasteiger partial charge in [-0.2, -0.15) is 0 Å². The Morgan fingerprint density at radius 1 is 1.21 bits per heavy atom. The van der Waals surface area contributed by atoms with Crippen LogP contribution in [0.5, 0.6) is 5.75 Å². The zero-order valence-corrected chi connectivity index (χ0v) is 20.3. The normalized spacial score (nSPS) is 16.9. The summed E-state index contributed by atoms with van der Waals surface area (Å²) in [7, 11) is 3.56. The first-order chi connectivity index (χ1) is 13.1. The third kappa shape index (κ3) is 7.43. The molecule has 2 N–H and O–H groups in total. The van der Waals surface area contributed by atoms with Crippen LogP contribution in [0.2, 0.25) is 0 Å². The van der Waals surface area contributed by atoms with Crippen LogP contribution in [0.25, 0.3) is 0 Å². The first-order valence-corrected chi connectivity index (χ1v) is 10.3. The zero-order valence-electron chi connectivity index (χ0n) is 17.9. The smallest absolute Gasteiger partial charge is 0.191 e. The van der Waals surface area contributed by atoms with E-state index in [4.69, 9.17) is 9.47 Å². The van der Waals surface area contributed by atoms with Gasteiger partial charge in [0.25, 0.3) is 0 Å². The summed E-state index contributed by atoms with van der Waals surface area (Å²) in [5.41, 5.74) is 1.56. The van der Waals surface area contributed by atoms with Gasteiger partial charge in [-0.25, -0.2) is 0 Å². The first-order valence-electron chi connectivity index (χ1n) is 10.3. The highest BCUT2D eigenvalue weighted by Gasteiger charge is 2.33. The second-order valence-corrected chi connectivity index (χ2v) is 7.60. The monoisotopic (exact) mass is 503 g/mol. The van der Waals surface area contributed by atoms with E-state index >= 15 is 0 Å². The Hall–Kier alpha value is -1.02. The molecule has 1 fully saturated rings. The third-order valence-electron chi connectivity index (χ3n) is 5.75. The highest BCUT2D eigenvalue weighted by molar-refractivity contribution is 14.0. The van der Waals surface area contributed by atoms with Crippen molar-refractivity contribution in [3.05, 3.63) is 29.8 Å². The maximum atomic E-state index is 5.62. The summed E-state index contributed by atoms with van der Waals surface area (Å²) in [5, 5.41) is 7.05. The number of guanidine groups is 1. The van der Waals surface area contributed by atoms with Crippen LogP contribution < -0.4 is 15.4 Å². The SMILES string of the molecule is CCOCCC1(CNC(=NC)NCC(C)c2ccccc2OC)CCCC1.I. The van der Waals surface area contributed by atoms with Crippen molar-refractivity contribution in [3.63, 3.8) is 0 Å². The molecule has 1 aromatic rings. The zero-order chi connectivity index (χ0) is 19.5. The molecule has 0 aromatic heterocycles. The first kappa shape index (κ1) is 25.0. The second-order valence-electron chi connectivity index (χ2n) is 7.60. The van der Waals surface area contributed by atoms with E-state index in [0.29, 0.717) is 11.3 Å². The van der Waals surface area contributed by atoms with Gasteiger partial charge in [-0.3, -0.25) is 4.99 Å². The summed E-state index contributed by atoms with van der Waals surface area (Å²) in [6, 6.07) is 8.21. The Labute approximate surface area is 188 Å². The number of hydrogen-bond acceptors (Lipinski definition) is 3. The van der Waals surface area contributed by atoms with Crippen LogP contribution in [0, 0.1) is 5.41 Å². The van der Waals surface area contributed by atoms with Gasteiger partial charge in [-0.1, -0.05) is 38.0 Å². The molecular formula is C22H38IN3O2. The fourth-order valence-electron chi connectivity index (χ4n) is 4.00. The van der Waals surface area contributed by atoms with Crippen LogP contribution in [0.4, 0.5) is 0 Å². The molecule has 0 radical (unpaired) electrons. The summed E-state index contributed by atoms with van der Waals surface area (Å²) in [6.45, 7) is 7.70. The minimum atomic E-state index is 0. The Morgan fingerprint density at radius 3 is 2.57 bits per heavy atom. The van der Waals surface area contributed by atoms with Gasteiger partial charge in [0.15, 0.2) is 5.96 Å². The summed E-state index contributed by atoms with van der Waals surface area (Å²) < 4.78 is 11.1. The molecule has 5 nitrogen and oxygen atoms in total. The molecular weight excluding hydrogens is 465 g/mol. The number of halogens is 1. The van der Waals surface area contributed by atoms with Crippen LogP contribution >= 0.6 is 24.0 Å². The fraction of sp³-hybridized carbons (Fsp3) is 0.682. The Morgan fingerprint density at radius 2 is 1.93 bits per heavy atom. The number of ether oxygens (including phenoxy) is 2. The van der Waals surface area contributed by atoms with Crippen LogP contribution in [0.15, 0.2) is 29.3 Å². The standard InChI is InChI=1S/C22H37N3O2.HI/c1-5-27-15-14-22(12-8-9-13-22)17-25-21(23-3)24-16-18(2)19-10-6-7-11-20(19)26-4;/h6-7,10-11,18H,5,8-9,12-17H2,1-4H3,(H2,23,24,25);1H. The third-order valence-corrected chi connectivity index (χ3v) is 5.75. The van der Waals surface area contributed by atoms with Crippen LogP contribution in [-0.2, 0) is 4.74 Å². The molecule has 1 aromatic carbocycles. The van der Waals surface area contributed by atoms with E-state index in [0.717, 1.165) is 44.4 Å². The molecule has 1 atom stereocenters. The molecule has 1 aliphatic carbocycles. The highest BCUT2D eigenvalue weighted by Crippen LogP contribution is 2.40.